The minimum atomic E-state index is -4.91. The van der Waals surface area contributed by atoms with Gasteiger partial charge >= 0.3 is 12.5 Å². The summed E-state index contributed by atoms with van der Waals surface area (Å²) in [6, 6.07) is 6.84. The van der Waals surface area contributed by atoms with Crippen molar-refractivity contribution in [3.63, 3.8) is 0 Å². The third-order valence-corrected chi connectivity index (χ3v) is 5.78. The van der Waals surface area contributed by atoms with Gasteiger partial charge in [0.05, 0.1) is 5.02 Å². The van der Waals surface area contributed by atoms with Crippen molar-refractivity contribution in [3.05, 3.63) is 53.3 Å². The van der Waals surface area contributed by atoms with Gasteiger partial charge in [-0.1, -0.05) is 17.7 Å². The van der Waals surface area contributed by atoms with Crippen molar-refractivity contribution in [2.24, 2.45) is 0 Å². The van der Waals surface area contributed by atoms with Crippen LogP contribution in [-0.4, -0.2) is 60.0 Å². The largest absolute Gasteiger partial charge is 0.573 e. The van der Waals surface area contributed by atoms with E-state index in [1.165, 1.54) is 24.3 Å². The molecule has 9 nitrogen and oxygen atoms in total. The third kappa shape index (κ3) is 9.47. The zero-order valence-corrected chi connectivity index (χ0v) is 22.6. The lowest BCUT2D eigenvalue weighted by atomic mass is 9.97. The first-order chi connectivity index (χ1) is 18.6. The van der Waals surface area contributed by atoms with Crippen LogP contribution in [0.5, 0.6) is 11.5 Å². The highest BCUT2D eigenvalue weighted by Gasteiger charge is 2.39. The molecule has 1 fully saturated rings. The van der Waals surface area contributed by atoms with Crippen molar-refractivity contribution in [2.75, 3.05) is 18.5 Å². The van der Waals surface area contributed by atoms with Gasteiger partial charge in [-0.3, -0.25) is 14.5 Å². The quantitative estimate of drug-likeness (QED) is 0.426. The van der Waals surface area contributed by atoms with E-state index in [0.29, 0.717) is 0 Å². The summed E-state index contributed by atoms with van der Waals surface area (Å²) in [5, 5.41) is 5.12. The molecule has 0 spiro atoms. The maximum absolute atomic E-state index is 13.6. The van der Waals surface area contributed by atoms with Crippen LogP contribution in [0.2, 0.25) is 5.02 Å². The second kappa shape index (κ2) is 12.6. The van der Waals surface area contributed by atoms with Crippen LogP contribution in [0.3, 0.4) is 0 Å². The number of likely N-dealkylation sites (tertiary alicyclic amines) is 1. The van der Waals surface area contributed by atoms with Gasteiger partial charge in [-0.2, -0.15) is 0 Å². The number of carbonyl (C=O) groups excluding carboxylic acids is 3. The van der Waals surface area contributed by atoms with Gasteiger partial charge in [-0.15, -0.1) is 13.2 Å². The monoisotopic (exact) mass is 589 g/mol. The van der Waals surface area contributed by atoms with Crippen LogP contribution in [-0.2, 0) is 14.3 Å². The van der Waals surface area contributed by atoms with Crippen molar-refractivity contribution >= 4 is 35.2 Å². The molecular weight excluding hydrogens is 562 g/mol. The third-order valence-electron chi connectivity index (χ3n) is 5.47. The summed E-state index contributed by atoms with van der Waals surface area (Å²) < 4.78 is 65.9. The summed E-state index contributed by atoms with van der Waals surface area (Å²) in [7, 11) is 0. The second-order valence-corrected chi connectivity index (χ2v) is 10.3. The van der Waals surface area contributed by atoms with Gasteiger partial charge < -0.3 is 24.8 Å². The summed E-state index contributed by atoms with van der Waals surface area (Å²) in [5.74, 6) is -2.34. The molecule has 40 heavy (non-hydrogen) atoms. The standard InChI is InChI=1S/C26H28ClF4N3O6/c1-25(2,3)40-24(37)34-13-16(32-22(35)14-38-17-8-9-19(27)20(28)12-17)7-10-21(34)23(36)33-15-5-4-6-18(11-15)39-26(29,30)31/h4-6,8-9,11-12,16,21H,7,10,13-14H2,1-3H3,(H,32,35)(H,33,36). The molecular formula is C26H28ClF4N3O6. The Morgan fingerprint density at radius 3 is 2.42 bits per heavy atom. The lowest BCUT2D eigenvalue weighted by molar-refractivity contribution is -0.274. The Labute approximate surface area is 232 Å². The van der Waals surface area contributed by atoms with Crippen molar-refractivity contribution in [1.82, 2.24) is 10.2 Å². The molecule has 0 radical (unpaired) electrons. The number of amides is 3. The Balaban J connectivity index is 1.66. The number of nitrogens with one attached hydrogen (secondary N) is 2. The number of carbonyl (C=O) groups is 3. The Morgan fingerprint density at radius 2 is 1.77 bits per heavy atom. The number of piperidine rings is 1. The maximum atomic E-state index is 13.6. The van der Waals surface area contributed by atoms with Crippen LogP contribution in [0.1, 0.15) is 33.6 Å². The molecule has 1 heterocycles. The van der Waals surface area contributed by atoms with Gasteiger partial charge in [-0.05, 0) is 57.9 Å². The van der Waals surface area contributed by atoms with Crippen LogP contribution >= 0.6 is 11.6 Å². The highest BCUT2D eigenvalue weighted by molar-refractivity contribution is 6.30. The Morgan fingerprint density at radius 1 is 1.05 bits per heavy atom. The molecule has 1 aliphatic rings. The van der Waals surface area contributed by atoms with Crippen molar-refractivity contribution in [3.8, 4) is 11.5 Å². The molecule has 0 aliphatic carbocycles. The van der Waals surface area contributed by atoms with E-state index in [0.717, 1.165) is 23.1 Å². The van der Waals surface area contributed by atoms with E-state index in [1.807, 2.05) is 0 Å². The molecule has 1 aliphatic heterocycles. The topological polar surface area (TPSA) is 106 Å². The summed E-state index contributed by atoms with van der Waals surface area (Å²) in [6.07, 6.45) is -5.32. The molecule has 2 atom stereocenters. The fourth-order valence-electron chi connectivity index (χ4n) is 3.87. The molecule has 14 heteroatoms. The van der Waals surface area contributed by atoms with E-state index in [9.17, 15) is 31.9 Å². The zero-order chi connectivity index (χ0) is 29.7. The molecule has 3 amide bonds. The number of hydrogen-bond acceptors (Lipinski definition) is 6. The molecule has 218 valence electrons. The van der Waals surface area contributed by atoms with Crippen LogP contribution in [0, 0.1) is 5.82 Å². The summed E-state index contributed by atoms with van der Waals surface area (Å²) in [4.78, 5) is 39.7. The Bertz CT molecular complexity index is 1240. The number of hydrogen-bond donors (Lipinski definition) is 2. The lowest BCUT2D eigenvalue weighted by Gasteiger charge is -2.39. The minimum absolute atomic E-state index is 0.0297. The molecule has 0 bridgehead atoms. The summed E-state index contributed by atoms with van der Waals surface area (Å²) in [6.45, 7) is 4.40. The van der Waals surface area contributed by atoms with Crippen LogP contribution in [0.4, 0.5) is 28.0 Å². The van der Waals surface area contributed by atoms with Gasteiger partial charge in [0, 0.05) is 30.4 Å². The molecule has 3 rings (SSSR count). The normalized spacial score (nSPS) is 17.6. The van der Waals surface area contributed by atoms with Crippen LogP contribution < -0.4 is 20.1 Å². The molecule has 2 N–H and O–H groups in total. The fraction of sp³-hybridized carbons (Fsp3) is 0.423. The smallest absolute Gasteiger partial charge is 0.484 e. The van der Waals surface area contributed by atoms with Gasteiger partial charge in [-0.25, -0.2) is 9.18 Å². The highest BCUT2D eigenvalue weighted by atomic mass is 35.5. The predicted octanol–water partition coefficient (Wildman–Crippen LogP) is 5.28. The van der Waals surface area contributed by atoms with E-state index in [-0.39, 0.29) is 35.8 Å². The van der Waals surface area contributed by atoms with Gasteiger partial charge in [0.25, 0.3) is 5.91 Å². The van der Waals surface area contributed by atoms with Gasteiger partial charge in [0.1, 0.15) is 29.0 Å². The molecule has 2 unspecified atom stereocenters. The maximum Gasteiger partial charge on any atom is 0.573 e. The highest BCUT2D eigenvalue weighted by Crippen LogP contribution is 2.27. The lowest BCUT2D eigenvalue weighted by Crippen LogP contribution is -2.58. The van der Waals surface area contributed by atoms with E-state index < -0.39 is 60.1 Å². The van der Waals surface area contributed by atoms with E-state index in [1.54, 1.807) is 20.8 Å². The van der Waals surface area contributed by atoms with E-state index >= 15 is 0 Å². The number of ether oxygens (including phenoxy) is 3. The Kier molecular flexibility index (Phi) is 9.72. The van der Waals surface area contributed by atoms with Gasteiger partial charge in [0.2, 0.25) is 5.91 Å². The number of benzene rings is 2. The Hall–Kier alpha value is -3.74. The van der Waals surface area contributed by atoms with Crippen LogP contribution in [0.25, 0.3) is 0 Å². The van der Waals surface area contributed by atoms with Crippen LogP contribution in [0.15, 0.2) is 42.5 Å². The molecule has 1 saturated heterocycles. The molecule has 2 aromatic rings. The zero-order valence-electron chi connectivity index (χ0n) is 21.8. The molecule has 0 saturated carbocycles. The van der Waals surface area contributed by atoms with Crippen molar-refractivity contribution in [1.29, 1.82) is 0 Å². The number of rotatable bonds is 7. The first-order valence-electron chi connectivity index (χ1n) is 12.1. The minimum Gasteiger partial charge on any atom is -0.484 e. The number of anilines is 1. The summed E-state index contributed by atoms with van der Waals surface area (Å²) >= 11 is 5.63. The first kappa shape index (κ1) is 30.8. The number of halogens is 5. The summed E-state index contributed by atoms with van der Waals surface area (Å²) in [5.41, 5.74) is -0.860. The molecule has 0 aromatic heterocycles. The van der Waals surface area contributed by atoms with Crippen molar-refractivity contribution in [2.45, 2.75) is 57.7 Å². The fourth-order valence-corrected chi connectivity index (χ4v) is 3.98. The molecule has 2 aromatic carbocycles. The van der Waals surface area contributed by atoms with Crippen molar-refractivity contribution < 1.29 is 46.2 Å². The second-order valence-electron chi connectivity index (χ2n) is 9.92. The average molecular weight is 590 g/mol. The number of alkyl halides is 3. The van der Waals surface area contributed by atoms with Gasteiger partial charge in [0.15, 0.2) is 6.61 Å². The van der Waals surface area contributed by atoms with E-state index in [2.05, 4.69) is 15.4 Å². The van der Waals surface area contributed by atoms with E-state index in [4.69, 9.17) is 21.1 Å². The average Bonchev–Trinajstić information content (AvgIpc) is 2.83. The SMILES string of the molecule is CC(C)(C)OC(=O)N1CC(NC(=O)COc2ccc(Cl)c(F)c2)CCC1C(=O)Nc1cccc(OC(F)(F)F)c1. The first-order valence-corrected chi connectivity index (χ1v) is 12.5. The number of nitrogens with zero attached hydrogens (tertiary/aromatic N) is 1. The predicted molar refractivity (Wildman–Crippen MR) is 137 cm³/mol.